The lowest BCUT2D eigenvalue weighted by Crippen LogP contribution is -2.47. The summed E-state index contributed by atoms with van der Waals surface area (Å²) >= 11 is 0. The molecule has 1 aliphatic heterocycles. The van der Waals surface area contributed by atoms with E-state index in [1.807, 2.05) is 31.6 Å². The van der Waals surface area contributed by atoms with Crippen LogP contribution in [0, 0.1) is 0 Å². The van der Waals surface area contributed by atoms with Crippen LogP contribution in [0.4, 0.5) is 5.82 Å². The number of ether oxygens (including phenoxy) is 1. The average molecular weight is 313 g/mol. The Kier molecular flexibility index (Phi) is 5.15. The van der Waals surface area contributed by atoms with E-state index >= 15 is 0 Å². The lowest BCUT2D eigenvalue weighted by atomic mass is 10.1. The predicted molar refractivity (Wildman–Crippen MR) is 89.3 cm³/mol. The second-order valence-electron chi connectivity index (χ2n) is 5.91. The van der Waals surface area contributed by atoms with Crippen molar-refractivity contribution in [3.63, 3.8) is 0 Å². The summed E-state index contributed by atoms with van der Waals surface area (Å²) in [6.07, 6.45) is 5.56. The second kappa shape index (κ2) is 7.48. The number of anilines is 1. The van der Waals surface area contributed by atoms with Gasteiger partial charge in [0.2, 0.25) is 0 Å². The molecule has 0 bridgehead atoms. The summed E-state index contributed by atoms with van der Waals surface area (Å²) in [6.45, 7) is 5.67. The van der Waals surface area contributed by atoms with E-state index in [1.54, 1.807) is 6.20 Å². The lowest BCUT2D eigenvalue weighted by molar-refractivity contribution is -0.0368. The van der Waals surface area contributed by atoms with Gasteiger partial charge in [0.25, 0.3) is 0 Å². The van der Waals surface area contributed by atoms with E-state index in [1.165, 1.54) is 5.56 Å². The number of hydrogen-bond donors (Lipinski definition) is 0. The van der Waals surface area contributed by atoms with Crippen molar-refractivity contribution in [2.45, 2.75) is 19.1 Å². The molecule has 122 valence electrons. The van der Waals surface area contributed by atoms with Gasteiger partial charge in [-0.15, -0.1) is 5.10 Å². The Hall–Kier alpha value is -2.05. The lowest BCUT2D eigenvalue weighted by Gasteiger charge is -2.38. The van der Waals surface area contributed by atoms with Crippen LogP contribution in [0.25, 0.3) is 0 Å². The fraction of sp³-hybridized carbons (Fsp3) is 0.471. The summed E-state index contributed by atoms with van der Waals surface area (Å²) in [6, 6.07) is 8.40. The molecule has 0 N–H and O–H groups in total. The highest BCUT2D eigenvalue weighted by Gasteiger charge is 2.26. The maximum absolute atomic E-state index is 5.94. The predicted octanol–water partition coefficient (Wildman–Crippen LogP) is 1.77. The fourth-order valence-corrected chi connectivity index (χ4v) is 2.95. The van der Waals surface area contributed by atoms with Crippen LogP contribution in [0.2, 0.25) is 0 Å². The maximum atomic E-state index is 5.94. The van der Waals surface area contributed by atoms with Gasteiger partial charge in [-0.25, -0.2) is 0 Å². The van der Waals surface area contributed by atoms with Crippen molar-refractivity contribution in [2.24, 2.45) is 0 Å². The van der Waals surface area contributed by atoms with Crippen LogP contribution in [0.1, 0.15) is 18.5 Å². The number of nitrogens with zero attached hydrogens (tertiary/aromatic N) is 5. The Morgan fingerprint density at radius 3 is 2.87 bits per heavy atom. The molecular weight excluding hydrogens is 290 g/mol. The SMILES string of the molecule is C[C@@H](c1ccncc1)N1CCO[C@@H](CN(C)c2cccnn2)C1. The smallest absolute Gasteiger partial charge is 0.151 e. The topological polar surface area (TPSA) is 54.4 Å². The van der Waals surface area contributed by atoms with Crippen molar-refractivity contribution in [3.8, 4) is 0 Å². The van der Waals surface area contributed by atoms with Crippen LogP contribution >= 0.6 is 0 Å². The molecule has 3 heterocycles. The van der Waals surface area contributed by atoms with Gasteiger partial charge in [-0.2, -0.15) is 5.10 Å². The van der Waals surface area contributed by atoms with Gasteiger partial charge in [0, 0.05) is 51.3 Å². The number of hydrogen-bond acceptors (Lipinski definition) is 6. The van der Waals surface area contributed by atoms with Gasteiger partial charge < -0.3 is 9.64 Å². The molecule has 2 aromatic rings. The second-order valence-corrected chi connectivity index (χ2v) is 5.91. The van der Waals surface area contributed by atoms with Crippen LogP contribution in [0.3, 0.4) is 0 Å². The first kappa shape index (κ1) is 15.8. The van der Waals surface area contributed by atoms with E-state index < -0.39 is 0 Å². The Morgan fingerprint density at radius 2 is 2.13 bits per heavy atom. The molecule has 0 spiro atoms. The quantitative estimate of drug-likeness (QED) is 0.838. The molecule has 0 aromatic carbocycles. The van der Waals surface area contributed by atoms with Gasteiger partial charge in [0.1, 0.15) is 0 Å². The largest absolute Gasteiger partial charge is 0.374 e. The number of aromatic nitrogens is 3. The molecule has 23 heavy (non-hydrogen) atoms. The van der Waals surface area contributed by atoms with E-state index in [0.29, 0.717) is 6.04 Å². The van der Waals surface area contributed by atoms with Crippen LogP contribution in [-0.2, 0) is 4.74 Å². The minimum atomic E-state index is 0.167. The van der Waals surface area contributed by atoms with Crippen molar-refractivity contribution in [1.29, 1.82) is 0 Å². The van der Waals surface area contributed by atoms with E-state index in [-0.39, 0.29) is 6.10 Å². The van der Waals surface area contributed by atoms with Gasteiger partial charge in [0.05, 0.1) is 12.7 Å². The zero-order valence-electron chi connectivity index (χ0n) is 13.7. The average Bonchev–Trinajstić information content (AvgIpc) is 2.63. The van der Waals surface area contributed by atoms with E-state index in [2.05, 4.69) is 44.0 Å². The molecule has 2 atom stereocenters. The van der Waals surface area contributed by atoms with Crippen LogP contribution in [-0.4, -0.2) is 59.5 Å². The Morgan fingerprint density at radius 1 is 1.30 bits per heavy atom. The van der Waals surface area contributed by atoms with Crippen molar-refractivity contribution < 1.29 is 4.74 Å². The van der Waals surface area contributed by atoms with Crippen LogP contribution in [0.5, 0.6) is 0 Å². The van der Waals surface area contributed by atoms with E-state index in [9.17, 15) is 0 Å². The van der Waals surface area contributed by atoms with Crippen LogP contribution in [0.15, 0.2) is 42.9 Å². The monoisotopic (exact) mass is 313 g/mol. The van der Waals surface area contributed by atoms with Gasteiger partial charge in [-0.05, 0) is 36.8 Å². The molecule has 1 aliphatic rings. The number of rotatable bonds is 5. The summed E-state index contributed by atoms with van der Waals surface area (Å²) < 4.78 is 5.94. The summed E-state index contributed by atoms with van der Waals surface area (Å²) in [4.78, 5) is 8.66. The summed E-state index contributed by atoms with van der Waals surface area (Å²) in [5.74, 6) is 0.871. The van der Waals surface area contributed by atoms with Crippen molar-refractivity contribution in [3.05, 3.63) is 48.4 Å². The normalized spacial score (nSPS) is 20.2. The first-order chi connectivity index (χ1) is 11.2. The first-order valence-corrected chi connectivity index (χ1v) is 7.98. The van der Waals surface area contributed by atoms with Gasteiger partial charge >= 0.3 is 0 Å². The first-order valence-electron chi connectivity index (χ1n) is 7.98. The highest BCUT2D eigenvalue weighted by molar-refractivity contribution is 5.35. The summed E-state index contributed by atoms with van der Waals surface area (Å²) in [5, 5.41) is 8.08. The molecule has 0 aliphatic carbocycles. The number of pyridine rings is 1. The molecule has 0 radical (unpaired) electrons. The van der Waals surface area contributed by atoms with Gasteiger partial charge in [-0.3, -0.25) is 9.88 Å². The molecule has 1 fully saturated rings. The van der Waals surface area contributed by atoms with Gasteiger partial charge in [0.15, 0.2) is 5.82 Å². The fourth-order valence-electron chi connectivity index (χ4n) is 2.95. The molecule has 0 saturated carbocycles. The molecule has 0 amide bonds. The third kappa shape index (κ3) is 4.03. The van der Waals surface area contributed by atoms with E-state index in [0.717, 1.165) is 32.1 Å². The standard InChI is InChI=1S/C17H23N5O/c1-14(15-5-8-18-9-6-15)22-10-11-23-16(13-22)12-21(2)17-4-3-7-19-20-17/h3-9,14,16H,10-13H2,1-2H3/t14-,16-/m0/s1. The zero-order valence-corrected chi connectivity index (χ0v) is 13.7. The Bertz CT molecular complexity index is 594. The van der Waals surface area contributed by atoms with Crippen molar-refractivity contribution >= 4 is 5.82 Å². The number of morpholine rings is 1. The highest BCUT2D eigenvalue weighted by atomic mass is 16.5. The Labute approximate surface area is 137 Å². The summed E-state index contributed by atoms with van der Waals surface area (Å²) in [5.41, 5.74) is 1.29. The highest BCUT2D eigenvalue weighted by Crippen LogP contribution is 2.22. The summed E-state index contributed by atoms with van der Waals surface area (Å²) in [7, 11) is 2.03. The molecule has 6 nitrogen and oxygen atoms in total. The van der Waals surface area contributed by atoms with Crippen LogP contribution < -0.4 is 4.90 Å². The van der Waals surface area contributed by atoms with Crippen molar-refractivity contribution in [2.75, 3.05) is 38.2 Å². The molecule has 3 rings (SSSR count). The van der Waals surface area contributed by atoms with Gasteiger partial charge in [-0.1, -0.05) is 0 Å². The molecular formula is C17H23N5O. The zero-order chi connectivity index (χ0) is 16.1. The third-order valence-corrected chi connectivity index (χ3v) is 4.33. The Balaban J connectivity index is 1.60. The third-order valence-electron chi connectivity index (χ3n) is 4.33. The molecule has 1 saturated heterocycles. The van der Waals surface area contributed by atoms with E-state index in [4.69, 9.17) is 4.74 Å². The number of likely N-dealkylation sites (N-methyl/N-ethyl adjacent to an activating group) is 1. The molecule has 2 aromatic heterocycles. The molecule has 6 heteroatoms. The molecule has 0 unspecified atom stereocenters. The minimum Gasteiger partial charge on any atom is -0.374 e. The maximum Gasteiger partial charge on any atom is 0.151 e. The minimum absolute atomic E-state index is 0.167. The van der Waals surface area contributed by atoms with Crippen molar-refractivity contribution in [1.82, 2.24) is 20.1 Å².